The van der Waals surface area contributed by atoms with Crippen LogP contribution in [-0.2, 0) is 11.3 Å². The molecule has 1 aliphatic heterocycles. The number of piperidine rings is 1. The van der Waals surface area contributed by atoms with Gasteiger partial charge >= 0.3 is 6.61 Å². The molecule has 0 aliphatic carbocycles. The van der Waals surface area contributed by atoms with Crippen molar-refractivity contribution in [2.24, 2.45) is 10.9 Å². The lowest BCUT2D eigenvalue weighted by atomic mass is 10.00. The third-order valence-corrected chi connectivity index (χ3v) is 4.88. The van der Waals surface area contributed by atoms with Gasteiger partial charge in [-0.2, -0.15) is 8.78 Å². The molecule has 2 rings (SSSR count). The van der Waals surface area contributed by atoms with E-state index in [1.165, 1.54) is 19.6 Å². The van der Waals surface area contributed by atoms with Gasteiger partial charge in [-0.05, 0) is 43.9 Å². The number of benzene rings is 1. The van der Waals surface area contributed by atoms with Crippen LogP contribution in [0, 0.1) is 5.92 Å². The lowest BCUT2D eigenvalue weighted by Crippen LogP contribution is -2.42. The fraction of sp³-hybridized carbons (Fsp3) is 0.619. The van der Waals surface area contributed by atoms with Crippen molar-refractivity contribution >= 4 is 35.8 Å². The second-order valence-corrected chi connectivity index (χ2v) is 7.31. The Morgan fingerprint density at radius 2 is 2.13 bits per heavy atom. The summed E-state index contributed by atoms with van der Waals surface area (Å²) in [6.45, 7) is 3.99. The van der Waals surface area contributed by atoms with Crippen molar-refractivity contribution in [3.63, 3.8) is 0 Å². The van der Waals surface area contributed by atoms with Crippen LogP contribution in [0.25, 0.3) is 0 Å². The van der Waals surface area contributed by atoms with E-state index in [4.69, 9.17) is 4.74 Å². The van der Waals surface area contributed by atoms with Crippen LogP contribution in [0.4, 0.5) is 8.78 Å². The number of nitrogens with one attached hydrogen (secondary N) is 2. The molecule has 0 radical (unpaired) electrons. The average Bonchev–Trinajstić information content (AvgIpc) is 2.72. The molecule has 0 saturated carbocycles. The number of methoxy groups -OCH3 is 1. The molecule has 1 fully saturated rings. The Labute approximate surface area is 200 Å². The second-order valence-electron chi connectivity index (χ2n) is 7.31. The summed E-state index contributed by atoms with van der Waals surface area (Å²) in [4.78, 5) is 18.8. The molecule has 0 bridgehead atoms. The molecule has 7 nitrogen and oxygen atoms in total. The van der Waals surface area contributed by atoms with E-state index in [1.807, 2.05) is 11.8 Å². The normalized spacial score (nSPS) is 16.5. The summed E-state index contributed by atoms with van der Waals surface area (Å²) in [6.07, 6.45) is 2.59. The molecule has 1 aromatic carbocycles. The molecule has 1 unspecified atom stereocenters. The predicted octanol–water partition coefficient (Wildman–Crippen LogP) is 3.62. The standard InChI is InChI=1S/C21H32F2N4O3.HI/c1-4-24-21(25-10-9-19(28)27-11-5-6-15(2)14-27)26-13-16-12-17(29-3)7-8-18(16)30-20(22)23;/h7-8,12,15,20H,4-6,9-11,13-14H2,1-3H3,(H2,24,25,26);1H. The number of carbonyl (C=O) groups excluding carboxylic acids is 1. The highest BCUT2D eigenvalue weighted by Gasteiger charge is 2.20. The third-order valence-electron chi connectivity index (χ3n) is 4.88. The summed E-state index contributed by atoms with van der Waals surface area (Å²) in [5.41, 5.74) is 0.477. The molecule has 176 valence electrons. The second kappa shape index (κ2) is 14.3. The molecular formula is C21H33F2IN4O3. The predicted molar refractivity (Wildman–Crippen MR) is 127 cm³/mol. The van der Waals surface area contributed by atoms with E-state index in [1.54, 1.807) is 12.1 Å². The Balaban J connectivity index is 0.00000480. The highest BCUT2D eigenvalue weighted by Crippen LogP contribution is 2.26. The quantitative estimate of drug-likeness (QED) is 0.277. The molecule has 1 saturated heterocycles. The zero-order chi connectivity index (χ0) is 21.9. The van der Waals surface area contributed by atoms with Gasteiger partial charge in [0.25, 0.3) is 0 Å². The van der Waals surface area contributed by atoms with Crippen LogP contribution in [0.3, 0.4) is 0 Å². The van der Waals surface area contributed by atoms with E-state index < -0.39 is 6.61 Å². The van der Waals surface area contributed by atoms with Gasteiger partial charge in [-0.1, -0.05) is 6.92 Å². The number of amides is 1. The van der Waals surface area contributed by atoms with Gasteiger partial charge in [-0.15, -0.1) is 24.0 Å². The van der Waals surface area contributed by atoms with Crippen LogP contribution in [0.5, 0.6) is 11.5 Å². The first kappa shape index (κ1) is 27.2. The van der Waals surface area contributed by atoms with Crippen molar-refractivity contribution < 1.29 is 23.0 Å². The maximum Gasteiger partial charge on any atom is 0.387 e. The van der Waals surface area contributed by atoms with Gasteiger partial charge < -0.3 is 25.0 Å². The fourth-order valence-electron chi connectivity index (χ4n) is 3.39. The van der Waals surface area contributed by atoms with E-state index in [2.05, 4.69) is 27.3 Å². The summed E-state index contributed by atoms with van der Waals surface area (Å²) < 4.78 is 35.1. The summed E-state index contributed by atoms with van der Waals surface area (Å²) >= 11 is 0. The van der Waals surface area contributed by atoms with Gasteiger partial charge in [0.15, 0.2) is 5.96 Å². The van der Waals surface area contributed by atoms with Gasteiger partial charge in [0, 0.05) is 38.2 Å². The van der Waals surface area contributed by atoms with Crippen molar-refractivity contribution in [1.82, 2.24) is 15.5 Å². The number of likely N-dealkylation sites (tertiary alicyclic amines) is 1. The van der Waals surface area contributed by atoms with Crippen molar-refractivity contribution in [2.45, 2.75) is 46.3 Å². The summed E-state index contributed by atoms with van der Waals surface area (Å²) in [5, 5.41) is 6.23. The highest BCUT2D eigenvalue weighted by atomic mass is 127. The smallest absolute Gasteiger partial charge is 0.387 e. The summed E-state index contributed by atoms with van der Waals surface area (Å²) in [7, 11) is 1.50. The molecular weight excluding hydrogens is 521 g/mol. The SMILES string of the molecule is CCNC(=NCc1cc(OC)ccc1OC(F)F)NCCC(=O)N1CCCC(C)C1.I. The minimum Gasteiger partial charge on any atom is -0.497 e. The summed E-state index contributed by atoms with van der Waals surface area (Å²) in [5.74, 6) is 1.76. The van der Waals surface area contributed by atoms with Crippen molar-refractivity contribution in [3.05, 3.63) is 23.8 Å². The van der Waals surface area contributed by atoms with Crippen LogP contribution in [-0.4, -0.2) is 56.7 Å². The first-order chi connectivity index (χ1) is 14.4. The molecule has 10 heteroatoms. The van der Waals surface area contributed by atoms with E-state index in [0.717, 1.165) is 19.5 Å². The minimum atomic E-state index is -2.92. The molecule has 1 heterocycles. The number of nitrogens with zero attached hydrogens (tertiary/aromatic N) is 2. The van der Waals surface area contributed by atoms with Crippen LogP contribution < -0.4 is 20.1 Å². The number of hydrogen-bond donors (Lipinski definition) is 2. The number of carbonyl (C=O) groups is 1. The molecule has 31 heavy (non-hydrogen) atoms. The Morgan fingerprint density at radius 3 is 2.77 bits per heavy atom. The van der Waals surface area contributed by atoms with Gasteiger partial charge in [-0.3, -0.25) is 4.79 Å². The van der Waals surface area contributed by atoms with E-state index >= 15 is 0 Å². The largest absolute Gasteiger partial charge is 0.497 e. The first-order valence-electron chi connectivity index (χ1n) is 10.3. The lowest BCUT2D eigenvalue weighted by Gasteiger charge is -2.31. The van der Waals surface area contributed by atoms with Crippen LogP contribution in [0.2, 0.25) is 0 Å². The van der Waals surface area contributed by atoms with Gasteiger partial charge in [0.1, 0.15) is 11.5 Å². The number of hydrogen-bond acceptors (Lipinski definition) is 4. The minimum absolute atomic E-state index is 0. The number of aliphatic imine (C=N–C) groups is 1. The Hall–Kier alpha value is -1.85. The van der Waals surface area contributed by atoms with Crippen LogP contribution >= 0.6 is 24.0 Å². The maximum absolute atomic E-state index is 12.7. The highest BCUT2D eigenvalue weighted by molar-refractivity contribution is 14.0. The van der Waals surface area contributed by atoms with E-state index in [0.29, 0.717) is 42.7 Å². The molecule has 0 spiro atoms. The van der Waals surface area contributed by atoms with Gasteiger partial charge in [0.05, 0.1) is 13.7 Å². The number of rotatable bonds is 9. The zero-order valence-electron chi connectivity index (χ0n) is 18.3. The number of guanidine groups is 1. The summed E-state index contributed by atoms with van der Waals surface area (Å²) in [6, 6.07) is 4.61. The van der Waals surface area contributed by atoms with Gasteiger partial charge in [-0.25, -0.2) is 4.99 Å². The number of halogens is 3. The van der Waals surface area contributed by atoms with Crippen molar-refractivity contribution in [1.29, 1.82) is 0 Å². The fourth-order valence-corrected chi connectivity index (χ4v) is 3.39. The van der Waals surface area contributed by atoms with Crippen molar-refractivity contribution in [2.75, 3.05) is 33.3 Å². The average molecular weight is 554 g/mol. The molecule has 2 N–H and O–H groups in total. The Bertz CT molecular complexity index is 722. The molecule has 1 aromatic rings. The molecule has 1 aliphatic rings. The number of ether oxygens (including phenoxy) is 2. The zero-order valence-corrected chi connectivity index (χ0v) is 20.7. The Morgan fingerprint density at radius 1 is 1.35 bits per heavy atom. The van der Waals surface area contributed by atoms with E-state index in [9.17, 15) is 13.6 Å². The topological polar surface area (TPSA) is 75.2 Å². The Kier molecular flexibility index (Phi) is 12.5. The van der Waals surface area contributed by atoms with Crippen LogP contribution in [0.15, 0.2) is 23.2 Å². The van der Waals surface area contributed by atoms with E-state index in [-0.39, 0.29) is 42.2 Å². The molecule has 0 aromatic heterocycles. The first-order valence-corrected chi connectivity index (χ1v) is 10.3. The van der Waals surface area contributed by atoms with Crippen molar-refractivity contribution in [3.8, 4) is 11.5 Å². The molecule has 1 atom stereocenters. The lowest BCUT2D eigenvalue weighted by molar-refractivity contribution is -0.132. The van der Waals surface area contributed by atoms with Crippen LogP contribution in [0.1, 0.15) is 38.7 Å². The van der Waals surface area contributed by atoms with Gasteiger partial charge in [0.2, 0.25) is 5.91 Å². The molecule has 1 amide bonds. The number of alkyl halides is 2. The monoisotopic (exact) mass is 554 g/mol. The third kappa shape index (κ3) is 9.44. The maximum atomic E-state index is 12.7.